The van der Waals surface area contributed by atoms with Crippen molar-refractivity contribution in [3.05, 3.63) is 41.7 Å². The molecule has 162 valence electrons. The Morgan fingerprint density at radius 2 is 1.90 bits per heavy atom. The van der Waals surface area contributed by atoms with Gasteiger partial charge in [0.15, 0.2) is 32.1 Å². The molecule has 8 nitrogen and oxygen atoms in total. The number of hydrogen-bond acceptors (Lipinski definition) is 6. The highest BCUT2D eigenvalue weighted by Crippen LogP contribution is 2.33. The number of ketones is 1. The second-order valence-electron chi connectivity index (χ2n) is 6.93. The smallest absolute Gasteiger partial charge is 0.310 e. The summed E-state index contributed by atoms with van der Waals surface area (Å²) in [6.07, 6.45) is -2.48. The zero-order valence-electron chi connectivity index (χ0n) is 16.6. The van der Waals surface area contributed by atoms with Gasteiger partial charge in [0.2, 0.25) is 0 Å². The van der Waals surface area contributed by atoms with Crippen molar-refractivity contribution in [2.45, 2.75) is 25.0 Å². The molecular weight excluding hydrogens is 435 g/mol. The second-order valence-corrected chi connectivity index (χ2v) is 9.12. The number of sulfone groups is 1. The van der Waals surface area contributed by atoms with Crippen LogP contribution in [0.4, 0.5) is 13.2 Å². The molecule has 0 saturated carbocycles. The van der Waals surface area contributed by atoms with Crippen LogP contribution in [0.1, 0.15) is 29.8 Å². The Labute approximate surface area is 174 Å². The van der Waals surface area contributed by atoms with Gasteiger partial charge in [-0.1, -0.05) is 6.92 Å². The minimum absolute atomic E-state index is 0.0309. The van der Waals surface area contributed by atoms with Crippen molar-refractivity contribution in [3.8, 4) is 11.5 Å². The van der Waals surface area contributed by atoms with Crippen LogP contribution in [0.3, 0.4) is 0 Å². The highest BCUT2D eigenvalue weighted by atomic mass is 32.2. The molecule has 0 atom stereocenters. The lowest BCUT2D eigenvalue weighted by Crippen LogP contribution is -2.10. The lowest BCUT2D eigenvalue weighted by atomic mass is 10.2. The first kappa shape index (κ1) is 21.0. The molecule has 0 aliphatic rings. The minimum atomic E-state index is -4.60. The summed E-state index contributed by atoms with van der Waals surface area (Å²) in [7, 11) is -2.30. The average Bonchev–Trinajstić information content (AvgIpc) is 3.24. The number of hydrogen-bond donors (Lipinski definition) is 0. The van der Waals surface area contributed by atoms with Crippen molar-refractivity contribution in [2.75, 3.05) is 5.75 Å². The van der Waals surface area contributed by atoms with Gasteiger partial charge in [-0.05, 0) is 25.1 Å². The van der Waals surface area contributed by atoms with Crippen molar-refractivity contribution in [2.24, 2.45) is 7.05 Å². The molecule has 12 heteroatoms. The lowest BCUT2D eigenvalue weighted by molar-refractivity contribution is -0.137. The number of alkyl halides is 3. The number of imidazole rings is 2. The summed E-state index contributed by atoms with van der Waals surface area (Å²) in [5, 5.41) is -0.158. The van der Waals surface area contributed by atoms with Crippen molar-refractivity contribution < 1.29 is 26.4 Å². The normalized spacial score (nSPS) is 12.7. The van der Waals surface area contributed by atoms with Crippen LogP contribution in [0, 0.1) is 0 Å². The van der Waals surface area contributed by atoms with Gasteiger partial charge < -0.3 is 4.57 Å². The highest BCUT2D eigenvalue weighted by Gasteiger charge is 2.33. The van der Waals surface area contributed by atoms with Crippen LogP contribution in [0.5, 0.6) is 0 Å². The number of aryl methyl sites for hydroxylation is 1. The number of nitrogens with zero attached hydrogens (tertiary/aromatic N) is 5. The second kappa shape index (κ2) is 6.87. The first-order chi connectivity index (χ1) is 14.4. The SMILES string of the molecule is CCS(=O)(=O)c1c(-c2nc3cc(C(F)(F)F)cnc3n2C)nc2cc(C(C)=O)ccn12. The van der Waals surface area contributed by atoms with E-state index in [4.69, 9.17) is 0 Å². The van der Waals surface area contributed by atoms with Gasteiger partial charge in [-0.15, -0.1) is 0 Å². The molecule has 0 aromatic carbocycles. The molecule has 0 aliphatic heterocycles. The summed E-state index contributed by atoms with van der Waals surface area (Å²) in [4.78, 5) is 24.1. The molecule has 0 N–H and O–H groups in total. The summed E-state index contributed by atoms with van der Waals surface area (Å²) in [5.74, 6) is -0.414. The maximum atomic E-state index is 13.1. The molecule has 31 heavy (non-hydrogen) atoms. The molecule has 4 aromatic heterocycles. The predicted molar refractivity (Wildman–Crippen MR) is 105 cm³/mol. The van der Waals surface area contributed by atoms with Crippen LogP contribution in [0.2, 0.25) is 0 Å². The van der Waals surface area contributed by atoms with Gasteiger partial charge in [0.1, 0.15) is 16.9 Å². The zero-order chi connectivity index (χ0) is 22.7. The number of halogens is 3. The Hall–Kier alpha value is -3.28. The van der Waals surface area contributed by atoms with E-state index >= 15 is 0 Å². The fraction of sp³-hybridized carbons (Fsp3) is 0.263. The monoisotopic (exact) mass is 451 g/mol. The van der Waals surface area contributed by atoms with Crippen molar-refractivity contribution in [1.82, 2.24) is 23.9 Å². The standard InChI is InChI=1S/C19H16F3N5O3S/c1-4-31(29,30)18-15(25-14-7-11(10(2)28)5-6-27(14)18)17-24-13-8-12(19(20,21)22)9-23-16(13)26(17)3/h5-9H,4H2,1-3H3. The van der Waals surface area contributed by atoms with Gasteiger partial charge >= 0.3 is 6.18 Å². The van der Waals surface area contributed by atoms with E-state index in [0.717, 1.165) is 6.07 Å². The minimum Gasteiger partial charge on any atom is -0.310 e. The van der Waals surface area contributed by atoms with Crippen LogP contribution >= 0.6 is 0 Å². The van der Waals surface area contributed by atoms with E-state index in [9.17, 15) is 26.4 Å². The molecule has 0 saturated heterocycles. The number of aromatic nitrogens is 5. The maximum Gasteiger partial charge on any atom is 0.417 e. The molecule has 0 unspecified atom stereocenters. The molecule has 0 aliphatic carbocycles. The number of pyridine rings is 2. The van der Waals surface area contributed by atoms with Crippen molar-refractivity contribution >= 4 is 32.4 Å². The van der Waals surface area contributed by atoms with Crippen LogP contribution in [-0.2, 0) is 23.1 Å². The third-order valence-corrected chi connectivity index (χ3v) is 6.65. The Balaban J connectivity index is 2.05. The third kappa shape index (κ3) is 3.36. The Bertz CT molecular complexity index is 1470. The van der Waals surface area contributed by atoms with Crippen molar-refractivity contribution in [3.63, 3.8) is 0 Å². The van der Waals surface area contributed by atoms with Gasteiger partial charge in [0.05, 0.1) is 11.3 Å². The maximum absolute atomic E-state index is 13.1. The van der Waals surface area contributed by atoms with Crippen LogP contribution in [0.25, 0.3) is 28.3 Å². The zero-order valence-corrected chi connectivity index (χ0v) is 17.4. The Kier molecular flexibility index (Phi) is 4.65. The fourth-order valence-electron chi connectivity index (χ4n) is 3.26. The van der Waals surface area contributed by atoms with Crippen LogP contribution < -0.4 is 0 Å². The number of carbonyl (C=O) groups is 1. The summed E-state index contributed by atoms with van der Waals surface area (Å²) in [6, 6.07) is 3.77. The predicted octanol–water partition coefficient (Wildman–Crippen LogP) is 3.30. The topological polar surface area (TPSA) is 99.2 Å². The van der Waals surface area contributed by atoms with E-state index in [-0.39, 0.29) is 44.9 Å². The van der Waals surface area contributed by atoms with Crippen LogP contribution in [0.15, 0.2) is 35.6 Å². The number of fused-ring (bicyclic) bond motifs is 2. The average molecular weight is 451 g/mol. The number of rotatable bonds is 4. The summed E-state index contributed by atoms with van der Waals surface area (Å²) in [5.41, 5.74) is -0.363. The first-order valence-corrected chi connectivity index (χ1v) is 10.7. The molecule has 4 aromatic rings. The molecular formula is C19H16F3N5O3S. The quantitative estimate of drug-likeness (QED) is 0.442. The molecule has 0 radical (unpaired) electrons. The Morgan fingerprint density at radius 3 is 2.52 bits per heavy atom. The first-order valence-electron chi connectivity index (χ1n) is 9.10. The van der Waals surface area contributed by atoms with Gasteiger partial charge in [-0.25, -0.2) is 23.4 Å². The van der Waals surface area contributed by atoms with E-state index in [2.05, 4.69) is 15.0 Å². The lowest BCUT2D eigenvalue weighted by Gasteiger charge is -2.06. The van der Waals surface area contributed by atoms with Gasteiger partial charge in [-0.2, -0.15) is 13.2 Å². The molecule has 4 heterocycles. The van der Waals surface area contributed by atoms with Gasteiger partial charge in [0.25, 0.3) is 0 Å². The molecule has 0 bridgehead atoms. The summed E-state index contributed by atoms with van der Waals surface area (Å²) in [6.45, 7) is 2.84. The third-order valence-electron chi connectivity index (χ3n) is 4.91. The molecule has 0 fully saturated rings. The number of carbonyl (C=O) groups excluding carboxylic acids is 1. The highest BCUT2D eigenvalue weighted by molar-refractivity contribution is 7.91. The molecule has 4 rings (SSSR count). The van der Waals surface area contributed by atoms with E-state index in [0.29, 0.717) is 11.8 Å². The summed E-state index contributed by atoms with van der Waals surface area (Å²) >= 11 is 0. The van der Waals surface area contributed by atoms with E-state index < -0.39 is 21.6 Å². The molecule has 0 amide bonds. The van der Waals surface area contributed by atoms with E-state index in [1.165, 1.54) is 48.2 Å². The van der Waals surface area contributed by atoms with E-state index in [1.807, 2.05) is 0 Å². The van der Waals surface area contributed by atoms with Crippen LogP contribution in [-0.4, -0.2) is 43.9 Å². The fourth-order valence-corrected chi connectivity index (χ4v) is 4.42. The Morgan fingerprint density at radius 1 is 1.19 bits per heavy atom. The molecule has 0 spiro atoms. The van der Waals surface area contributed by atoms with Gasteiger partial charge in [0, 0.05) is 25.0 Å². The largest absolute Gasteiger partial charge is 0.417 e. The van der Waals surface area contributed by atoms with Gasteiger partial charge in [-0.3, -0.25) is 9.20 Å². The summed E-state index contributed by atoms with van der Waals surface area (Å²) < 4.78 is 67.6. The van der Waals surface area contributed by atoms with E-state index in [1.54, 1.807) is 0 Å². The number of Topliss-reactive ketones (excluding diaryl/α,β-unsaturated/α-hetero) is 1. The van der Waals surface area contributed by atoms with Crippen molar-refractivity contribution in [1.29, 1.82) is 0 Å².